The van der Waals surface area contributed by atoms with Gasteiger partial charge < -0.3 is 9.84 Å². The lowest BCUT2D eigenvalue weighted by atomic mass is 10.0. The molecule has 0 aliphatic heterocycles. The summed E-state index contributed by atoms with van der Waals surface area (Å²) in [5, 5.41) is 13.8. The molecule has 2 fully saturated rings. The van der Waals surface area contributed by atoms with Crippen molar-refractivity contribution in [1.82, 2.24) is 14.8 Å². The lowest BCUT2D eigenvalue weighted by molar-refractivity contribution is -0.141. The minimum atomic E-state index is -0.796. The lowest BCUT2D eigenvalue weighted by Gasteiger charge is -2.24. The van der Waals surface area contributed by atoms with Crippen LogP contribution in [0, 0.1) is 24.7 Å². The van der Waals surface area contributed by atoms with Gasteiger partial charge in [-0.05, 0) is 93.2 Å². The highest BCUT2D eigenvalue weighted by molar-refractivity contribution is 9.10. The molecule has 186 valence electrons. The van der Waals surface area contributed by atoms with Gasteiger partial charge >= 0.3 is 11.9 Å². The van der Waals surface area contributed by atoms with Crippen LogP contribution in [0.25, 0.3) is 11.0 Å². The Morgan fingerprint density at radius 3 is 2.67 bits per heavy atom. The zero-order valence-corrected chi connectivity index (χ0v) is 22.0. The van der Waals surface area contributed by atoms with Crippen LogP contribution < -0.4 is 9.64 Å². The van der Waals surface area contributed by atoms with Gasteiger partial charge in [-0.1, -0.05) is 21.9 Å². The van der Waals surface area contributed by atoms with Gasteiger partial charge in [0.05, 0.1) is 17.1 Å². The van der Waals surface area contributed by atoms with E-state index in [1.54, 1.807) is 29.6 Å². The molecule has 2 heterocycles. The summed E-state index contributed by atoms with van der Waals surface area (Å²) in [7, 11) is 1.81. The SMILES string of the molecule is CC#CC(=O)N(c1ccc2c(n1)c(O[C@H]1CC[C@H](C(=O)O)C1)nn2C)c1cc(C)c(Br)cc1C1CC1. The van der Waals surface area contributed by atoms with E-state index >= 15 is 0 Å². The van der Waals surface area contributed by atoms with Gasteiger partial charge in [0.1, 0.15) is 11.9 Å². The third-order valence-electron chi connectivity index (χ3n) is 6.89. The number of fused-ring (bicyclic) bond motifs is 1. The molecule has 2 atom stereocenters. The number of carboxylic acids is 1. The van der Waals surface area contributed by atoms with E-state index in [0.717, 1.165) is 39.6 Å². The Morgan fingerprint density at radius 1 is 1.22 bits per heavy atom. The molecule has 2 aliphatic carbocycles. The fourth-order valence-corrected chi connectivity index (χ4v) is 5.19. The molecule has 0 bridgehead atoms. The molecule has 2 aliphatic rings. The van der Waals surface area contributed by atoms with Crippen LogP contribution in [-0.2, 0) is 16.6 Å². The summed E-state index contributed by atoms with van der Waals surface area (Å²) >= 11 is 3.64. The highest BCUT2D eigenvalue weighted by Crippen LogP contribution is 2.47. The third kappa shape index (κ3) is 4.58. The number of carbonyl (C=O) groups is 2. The highest BCUT2D eigenvalue weighted by Gasteiger charge is 2.33. The first-order chi connectivity index (χ1) is 17.3. The summed E-state index contributed by atoms with van der Waals surface area (Å²) in [6, 6.07) is 7.77. The molecule has 1 amide bonds. The maximum absolute atomic E-state index is 13.3. The number of carbonyl (C=O) groups excluding carboxylic acids is 1. The maximum atomic E-state index is 13.3. The minimum Gasteiger partial charge on any atom is -0.481 e. The number of carboxylic acid groups (broad SMARTS) is 1. The summed E-state index contributed by atoms with van der Waals surface area (Å²) < 4.78 is 8.84. The maximum Gasteiger partial charge on any atom is 0.308 e. The molecule has 5 rings (SSSR count). The highest BCUT2D eigenvalue weighted by atomic mass is 79.9. The van der Waals surface area contributed by atoms with Gasteiger partial charge in [-0.3, -0.25) is 19.2 Å². The number of benzene rings is 1. The van der Waals surface area contributed by atoms with Gasteiger partial charge in [-0.2, -0.15) is 0 Å². The number of pyridine rings is 1. The number of aromatic nitrogens is 3. The first kappa shape index (κ1) is 24.3. The second-order valence-electron chi connectivity index (χ2n) is 9.50. The Bertz CT molecular complexity index is 1430. The quantitative estimate of drug-likeness (QED) is 0.421. The van der Waals surface area contributed by atoms with Crippen molar-refractivity contribution in [1.29, 1.82) is 0 Å². The van der Waals surface area contributed by atoms with Crippen molar-refractivity contribution in [2.75, 3.05) is 4.90 Å². The van der Waals surface area contributed by atoms with Crippen LogP contribution in [0.15, 0.2) is 28.7 Å². The van der Waals surface area contributed by atoms with Crippen LogP contribution in [0.2, 0.25) is 0 Å². The molecule has 1 aromatic carbocycles. The summed E-state index contributed by atoms with van der Waals surface area (Å²) in [5.41, 5.74) is 4.17. The molecule has 3 aromatic rings. The fraction of sp³-hybridized carbons (Fsp3) is 0.407. The van der Waals surface area contributed by atoms with Crippen LogP contribution in [-0.4, -0.2) is 37.9 Å². The molecule has 9 heteroatoms. The van der Waals surface area contributed by atoms with E-state index in [0.29, 0.717) is 42.4 Å². The number of aryl methyl sites for hydroxylation is 2. The smallest absolute Gasteiger partial charge is 0.308 e. The Morgan fingerprint density at radius 2 is 2.00 bits per heavy atom. The second kappa shape index (κ2) is 9.58. The number of hydrogen-bond donors (Lipinski definition) is 1. The van der Waals surface area contributed by atoms with E-state index in [1.165, 1.54) is 0 Å². The van der Waals surface area contributed by atoms with E-state index in [1.807, 2.05) is 19.1 Å². The number of halogens is 1. The van der Waals surface area contributed by atoms with Gasteiger partial charge in [-0.25, -0.2) is 4.98 Å². The van der Waals surface area contributed by atoms with E-state index in [2.05, 4.69) is 38.9 Å². The normalized spacial score (nSPS) is 19.1. The molecule has 0 radical (unpaired) electrons. The molecule has 36 heavy (non-hydrogen) atoms. The van der Waals surface area contributed by atoms with E-state index in [4.69, 9.17) is 9.72 Å². The van der Waals surface area contributed by atoms with Gasteiger partial charge in [0.2, 0.25) is 0 Å². The molecule has 8 nitrogen and oxygen atoms in total. The summed E-state index contributed by atoms with van der Waals surface area (Å²) in [5.74, 6) is 5.02. The van der Waals surface area contributed by atoms with Crippen LogP contribution in [0.3, 0.4) is 0 Å². The van der Waals surface area contributed by atoms with Crippen molar-refractivity contribution < 1.29 is 19.4 Å². The molecule has 2 saturated carbocycles. The van der Waals surface area contributed by atoms with Crippen molar-refractivity contribution >= 4 is 50.3 Å². The summed E-state index contributed by atoms with van der Waals surface area (Å²) in [6.07, 6.45) is 3.58. The monoisotopic (exact) mass is 550 g/mol. The molecule has 0 saturated heterocycles. The topological polar surface area (TPSA) is 97.6 Å². The zero-order chi connectivity index (χ0) is 25.6. The standard InChI is InChI=1S/C27H27BrN4O4/c1-4-5-24(33)32(22-12-15(2)20(28)14-19(22)16-6-7-16)23-11-10-21-25(29-23)26(30-31(21)3)36-18-9-8-17(13-18)27(34)35/h10-12,14,16-18H,6-9,13H2,1-3H3,(H,34,35)/t17-,18-/m0/s1. The lowest BCUT2D eigenvalue weighted by Crippen LogP contribution is -2.26. The van der Waals surface area contributed by atoms with Gasteiger partial charge in [-0.15, -0.1) is 5.10 Å². The van der Waals surface area contributed by atoms with Crippen molar-refractivity contribution in [3.8, 4) is 17.7 Å². The van der Waals surface area contributed by atoms with Gasteiger partial charge in [0.25, 0.3) is 5.88 Å². The Balaban J connectivity index is 1.58. The van der Waals surface area contributed by atoms with E-state index < -0.39 is 11.9 Å². The first-order valence-corrected chi connectivity index (χ1v) is 12.9. The minimum absolute atomic E-state index is 0.242. The van der Waals surface area contributed by atoms with Gasteiger partial charge in [0.15, 0.2) is 5.52 Å². The molecule has 0 spiro atoms. The van der Waals surface area contributed by atoms with Crippen LogP contribution in [0.1, 0.15) is 56.1 Å². The van der Waals surface area contributed by atoms with Crippen LogP contribution in [0.5, 0.6) is 5.88 Å². The summed E-state index contributed by atoms with van der Waals surface area (Å²) in [6.45, 7) is 3.63. The second-order valence-corrected chi connectivity index (χ2v) is 10.4. The fourth-order valence-electron chi connectivity index (χ4n) is 4.83. The predicted molar refractivity (Wildman–Crippen MR) is 139 cm³/mol. The van der Waals surface area contributed by atoms with E-state index in [-0.39, 0.29) is 12.0 Å². The summed E-state index contributed by atoms with van der Waals surface area (Å²) in [4.78, 5) is 31.1. The van der Waals surface area contributed by atoms with E-state index in [9.17, 15) is 14.7 Å². The number of ether oxygens (including phenoxy) is 1. The average Bonchev–Trinajstić information content (AvgIpc) is 3.50. The molecule has 1 N–H and O–H groups in total. The first-order valence-electron chi connectivity index (χ1n) is 12.1. The predicted octanol–water partition coefficient (Wildman–Crippen LogP) is 5.24. The van der Waals surface area contributed by atoms with Gasteiger partial charge in [0, 0.05) is 11.5 Å². The Hall–Kier alpha value is -3.38. The molecule has 2 aromatic heterocycles. The van der Waals surface area contributed by atoms with Crippen molar-refractivity contribution in [2.24, 2.45) is 13.0 Å². The number of rotatable bonds is 6. The van der Waals surface area contributed by atoms with Crippen molar-refractivity contribution in [2.45, 2.75) is 58.0 Å². The zero-order valence-electron chi connectivity index (χ0n) is 20.4. The number of aliphatic carboxylic acids is 1. The molecular weight excluding hydrogens is 524 g/mol. The van der Waals surface area contributed by atoms with Crippen molar-refractivity contribution in [3.63, 3.8) is 0 Å². The number of nitrogens with zero attached hydrogens (tertiary/aromatic N) is 4. The average molecular weight is 551 g/mol. The largest absolute Gasteiger partial charge is 0.481 e. The Kier molecular flexibility index (Phi) is 6.47. The van der Waals surface area contributed by atoms with Crippen LogP contribution in [0.4, 0.5) is 11.5 Å². The van der Waals surface area contributed by atoms with Crippen molar-refractivity contribution in [3.05, 3.63) is 39.9 Å². The third-order valence-corrected chi connectivity index (χ3v) is 7.75. The molecular formula is C27H27BrN4O4. The number of anilines is 2. The molecule has 0 unspecified atom stereocenters. The van der Waals surface area contributed by atoms with Crippen LogP contribution >= 0.6 is 15.9 Å². The Labute approximate surface area is 217 Å². The number of amides is 1. The number of hydrogen-bond acceptors (Lipinski definition) is 5.